The maximum Gasteiger partial charge on any atom is 0.323 e. The van der Waals surface area contributed by atoms with Crippen LogP contribution in [0.1, 0.15) is 45.4 Å². The zero-order chi connectivity index (χ0) is 12.7. The smallest absolute Gasteiger partial charge is 0.323 e. The van der Waals surface area contributed by atoms with Crippen LogP contribution in [-0.4, -0.2) is 48.2 Å². The number of rotatable bonds is 7. The Morgan fingerprint density at radius 1 is 1.29 bits per heavy atom. The molecule has 17 heavy (non-hydrogen) atoms. The Labute approximate surface area is 104 Å². The molecule has 0 saturated carbocycles. The third kappa shape index (κ3) is 4.64. The van der Waals surface area contributed by atoms with Crippen molar-refractivity contribution in [2.45, 2.75) is 51.0 Å². The molecule has 0 aromatic carbocycles. The number of carbonyl (C=O) groups is 1. The zero-order valence-electron chi connectivity index (χ0n) is 11.2. The minimum absolute atomic E-state index is 0.701. The maximum atomic E-state index is 11.1. The van der Waals surface area contributed by atoms with Crippen LogP contribution in [0.5, 0.6) is 0 Å². The molecule has 1 heterocycles. The first kappa shape index (κ1) is 14.5. The Bertz CT molecular complexity index is 240. The van der Waals surface area contributed by atoms with Gasteiger partial charge < -0.3 is 15.3 Å². The first-order valence-corrected chi connectivity index (χ1v) is 6.73. The Hall–Kier alpha value is -0.610. The molecule has 1 saturated heterocycles. The number of likely N-dealkylation sites (tertiary alicyclic amines) is 1. The number of aliphatic carboxylic acids is 1. The third-order valence-electron chi connectivity index (χ3n) is 3.87. The lowest BCUT2D eigenvalue weighted by Crippen LogP contribution is -2.47. The van der Waals surface area contributed by atoms with Gasteiger partial charge in [0.25, 0.3) is 0 Å². The van der Waals surface area contributed by atoms with Crippen molar-refractivity contribution < 1.29 is 9.90 Å². The molecule has 2 N–H and O–H groups in total. The van der Waals surface area contributed by atoms with Crippen LogP contribution < -0.4 is 5.32 Å². The van der Waals surface area contributed by atoms with Crippen molar-refractivity contribution in [3.05, 3.63) is 0 Å². The molecule has 1 fully saturated rings. The van der Waals surface area contributed by atoms with Crippen LogP contribution in [0, 0.1) is 0 Å². The SMILES string of the molecule is CNC(C)(CCCCN1CCCCC1)C(=O)O. The van der Waals surface area contributed by atoms with Gasteiger partial charge in [-0.25, -0.2) is 0 Å². The van der Waals surface area contributed by atoms with Gasteiger partial charge in [-0.2, -0.15) is 0 Å². The van der Waals surface area contributed by atoms with Gasteiger partial charge in [0.05, 0.1) is 0 Å². The van der Waals surface area contributed by atoms with E-state index in [9.17, 15) is 4.79 Å². The molecule has 0 aromatic heterocycles. The van der Waals surface area contributed by atoms with E-state index < -0.39 is 11.5 Å². The summed E-state index contributed by atoms with van der Waals surface area (Å²) in [5.41, 5.74) is -0.762. The average Bonchev–Trinajstić information content (AvgIpc) is 2.35. The molecule has 1 atom stereocenters. The Kier molecular flexibility index (Phi) is 5.92. The van der Waals surface area contributed by atoms with Crippen LogP contribution in [0.3, 0.4) is 0 Å². The van der Waals surface area contributed by atoms with Crippen molar-refractivity contribution in [2.24, 2.45) is 0 Å². The highest BCUT2D eigenvalue weighted by atomic mass is 16.4. The molecule has 4 heteroatoms. The number of hydrogen-bond donors (Lipinski definition) is 2. The summed E-state index contributed by atoms with van der Waals surface area (Å²) < 4.78 is 0. The number of hydrogen-bond acceptors (Lipinski definition) is 3. The Balaban J connectivity index is 2.16. The quantitative estimate of drug-likeness (QED) is 0.667. The highest BCUT2D eigenvalue weighted by Gasteiger charge is 2.30. The molecule has 4 nitrogen and oxygen atoms in total. The van der Waals surface area contributed by atoms with Crippen LogP contribution in [-0.2, 0) is 4.79 Å². The van der Waals surface area contributed by atoms with Crippen molar-refractivity contribution in [2.75, 3.05) is 26.7 Å². The van der Waals surface area contributed by atoms with Gasteiger partial charge in [0.15, 0.2) is 0 Å². The number of piperidine rings is 1. The fourth-order valence-corrected chi connectivity index (χ4v) is 2.34. The fourth-order valence-electron chi connectivity index (χ4n) is 2.34. The minimum atomic E-state index is -0.762. The molecule has 0 spiro atoms. The van der Waals surface area contributed by atoms with E-state index in [-0.39, 0.29) is 0 Å². The van der Waals surface area contributed by atoms with Crippen molar-refractivity contribution in [1.82, 2.24) is 10.2 Å². The van der Waals surface area contributed by atoms with Gasteiger partial charge >= 0.3 is 5.97 Å². The number of unbranched alkanes of at least 4 members (excludes halogenated alkanes) is 1. The van der Waals surface area contributed by atoms with Crippen LogP contribution in [0.4, 0.5) is 0 Å². The molecule has 1 aliphatic rings. The lowest BCUT2D eigenvalue weighted by atomic mass is 9.95. The molecule has 1 aliphatic heterocycles. The summed E-state index contributed by atoms with van der Waals surface area (Å²) in [7, 11) is 1.72. The summed E-state index contributed by atoms with van der Waals surface area (Å²) in [5.74, 6) is -0.752. The van der Waals surface area contributed by atoms with E-state index in [0.29, 0.717) is 6.42 Å². The van der Waals surface area contributed by atoms with Crippen LogP contribution in [0.15, 0.2) is 0 Å². The molecule has 0 amide bonds. The second-order valence-electron chi connectivity index (χ2n) is 5.25. The minimum Gasteiger partial charge on any atom is -0.480 e. The molecule has 0 aliphatic carbocycles. The largest absolute Gasteiger partial charge is 0.480 e. The topological polar surface area (TPSA) is 52.6 Å². The van der Waals surface area contributed by atoms with Gasteiger partial charge in [0, 0.05) is 0 Å². The Morgan fingerprint density at radius 2 is 1.94 bits per heavy atom. The summed E-state index contributed by atoms with van der Waals surface area (Å²) in [6, 6.07) is 0. The van der Waals surface area contributed by atoms with Crippen molar-refractivity contribution in [3.63, 3.8) is 0 Å². The summed E-state index contributed by atoms with van der Waals surface area (Å²) in [6.07, 6.45) is 6.79. The Morgan fingerprint density at radius 3 is 2.47 bits per heavy atom. The molecule has 1 rings (SSSR count). The molecule has 1 unspecified atom stereocenters. The van der Waals surface area contributed by atoms with Gasteiger partial charge in [-0.1, -0.05) is 6.42 Å². The van der Waals surface area contributed by atoms with E-state index in [1.807, 2.05) is 0 Å². The normalized spacial score (nSPS) is 21.1. The van der Waals surface area contributed by atoms with Crippen molar-refractivity contribution in [1.29, 1.82) is 0 Å². The van der Waals surface area contributed by atoms with E-state index in [1.165, 1.54) is 32.4 Å². The lowest BCUT2D eigenvalue weighted by Gasteiger charge is -2.27. The van der Waals surface area contributed by atoms with Crippen molar-refractivity contribution >= 4 is 5.97 Å². The fraction of sp³-hybridized carbons (Fsp3) is 0.923. The summed E-state index contributed by atoms with van der Waals surface area (Å²) >= 11 is 0. The molecule has 0 aromatic rings. The van der Waals surface area contributed by atoms with E-state index in [4.69, 9.17) is 5.11 Å². The molecule has 0 bridgehead atoms. The van der Waals surface area contributed by atoms with E-state index in [1.54, 1.807) is 14.0 Å². The zero-order valence-corrected chi connectivity index (χ0v) is 11.2. The van der Waals surface area contributed by atoms with Crippen LogP contribution >= 0.6 is 0 Å². The maximum absolute atomic E-state index is 11.1. The lowest BCUT2D eigenvalue weighted by molar-refractivity contribution is -0.144. The number of likely N-dealkylation sites (N-methyl/N-ethyl adjacent to an activating group) is 1. The highest BCUT2D eigenvalue weighted by Crippen LogP contribution is 2.15. The monoisotopic (exact) mass is 242 g/mol. The summed E-state index contributed by atoms with van der Waals surface area (Å²) in [5, 5.41) is 12.0. The van der Waals surface area contributed by atoms with E-state index >= 15 is 0 Å². The molecular weight excluding hydrogens is 216 g/mol. The van der Waals surface area contributed by atoms with Crippen molar-refractivity contribution in [3.8, 4) is 0 Å². The second-order valence-corrected chi connectivity index (χ2v) is 5.25. The summed E-state index contributed by atoms with van der Waals surface area (Å²) in [6.45, 7) is 5.33. The van der Waals surface area contributed by atoms with Gasteiger partial charge in [-0.05, 0) is 65.7 Å². The van der Waals surface area contributed by atoms with Gasteiger partial charge in [-0.3, -0.25) is 4.79 Å². The number of carboxylic acids is 1. The molecule has 100 valence electrons. The van der Waals surface area contributed by atoms with Gasteiger partial charge in [0.2, 0.25) is 0 Å². The number of carboxylic acid groups (broad SMARTS) is 1. The first-order chi connectivity index (χ1) is 8.08. The number of nitrogens with zero attached hydrogens (tertiary/aromatic N) is 1. The standard InChI is InChI=1S/C13H26N2O2/c1-13(14-2,12(16)17)8-4-7-11-15-9-5-3-6-10-15/h14H,3-11H2,1-2H3,(H,16,17). The predicted molar refractivity (Wildman–Crippen MR) is 69.2 cm³/mol. The number of nitrogens with one attached hydrogen (secondary N) is 1. The second kappa shape index (κ2) is 6.97. The van der Waals surface area contributed by atoms with Gasteiger partial charge in [0.1, 0.15) is 5.54 Å². The van der Waals surface area contributed by atoms with E-state index in [0.717, 1.165) is 19.4 Å². The predicted octanol–water partition coefficient (Wildman–Crippen LogP) is 1.71. The highest BCUT2D eigenvalue weighted by molar-refractivity contribution is 5.78. The van der Waals surface area contributed by atoms with E-state index in [2.05, 4.69) is 10.2 Å². The molecule has 0 radical (unpaired) electrons. The van der Waals surface area contributed by atoms with Crippen LogP contribution in [0.2, 0.25) is 0 Å². The average molecular weight is 242 g/mol. The summed E-state index contributed by atoms with van der Waals surface area (Å²) in [4.78, 5) is 13.6. The first-order valence-electron chi connectivity index (χ1n) is 6.73. The third-order valence-corrected chi connectivity index (χ3v) is 3.87. The van der Waals surface area contributed by atoms with Gasteiger partial charge in [-0.15, -0.1) is 0 Å². The van der Waals surface area contributed by atoms with Crippen LogP contribution in [0.25, 0.3) is 0 Å². The molecular formula is C13H26N2O2.